The lowest BCUT2D eigenvalue weighted by atomic mass is 10.1. The molecule has 3 aromatic rings. The van der Waals surface area contributed by atoms with Gasteiger partial charge in [-0.25, -0.2) is 9.07 Å². The van der Waals surface area contributed by atoms with E-state index in [1.54, 1.807) is 42.8 Å². The van der Waals surface area contributed by atoms with E-state index in [-0.39, 0.29) is 18.3 Å². The second kappa shape index (κ2) is 9.21. The van der Waals surface area contributed by atoms with Gasteiger partial charge in [0.1, 0.15) is 12.4 Å². The summed E-state index contributed by atoms with van der Waals surface area (Å²) in [6.45, 7) is 3.24. The highest BCUT2D eigenvalue weighted by molar-refractivity contribution is 6.06. The average molecular weight is 424 g/mol. The lowest BCUT2D eigenvalue weighted by molar-refractivity contribution is -0.139. The minimum atomic E-state index is -0.552. The summed E-state index contributed by atoms with van der Waals surface area (Å²) in [4.78, 5) is 36.0. The second-order valence-electron chi connectivity index (χ2n) is 6.72. The van der Waals surface area contributed by atoms with E-state index in [1.165, 1.54) is 31.4 Å². The third kappa shape index (κ3) is 4.95. The van der Waals surface area contributed by atoms with Crippen LogP contribution in [0.3, 0.4) is 0 Å². The first-order chi connectivity index (χ1) is 14.8. The van der Waals surface area contributed by atoms with Crippen molar-refractivity contribution in [3.05, 3.63) is 76.9 Å². The number of ether oxygens (including phenoxy) is 1. The molecule has 0 fully saturated rings. The molecule has 0 bridgehead atoms. The monoisotopic (exact) mass is 424 g/mol. The summed E-state index contributed by atoms with van der Waals surface area (Å²) >= 11 is 0. The molecule has 0 radical (unpaired) electrons. The van der Waals surface area contributed by atoms with Gasteiger partial charge in [0, 0.05) is 11.3 Å². The number of carbonyl (C=O) groups excluding carboxylic acids is 3. The first-order valence-electron chi connectivity index (χ1n) is 9.38. The predicted octanol–water partition coefficient (Wildman–Crippen LogP) is 2.78. The van der Waals surface area contributed by atoms with Crippen molar-refractivity contribution in [3.63, 3.8) is 0 Å². The summed E-state index contributed by atoms with van der Waals surface area (Å²) in [5, 5.41) is 9.61. The minimum absolute atomic E-state index is 0.232. The van der Waals surface area contributed by atoms with Gasteiger partial charge in [-0.3, -0.25) is 14.4 Å². The Morgan fingerprint density at radius 2 is 1.65 bits per heavy atom. The van der Waals surface area contributed by atoms with Crippen LogP contribution in [0.5, 0.6) is 0 Å². The van der Waals surface area contributed by atoms with Crippen molar-refractivity contribution >= 4 is 23.5 Å². The third-order valence-electron chi connectivity index (χ3n) is 4.62. The molecule has 8 nitrogen and oxygen atoms in total. The highest BCUT2D eigenvalue weighted by Crippen LogP contribution is 2.20. The van der Waals surface area contributed by atoms with Gasteiger partial charge in [-0.2, -0.15) is 5.10 Å². The van der Waals surface area contributed by atoms with Gasteiger partial charge in [0.15, 0.2) is 0 Å². The fraction of sp³-hybridized carbons (Fsp3) is 0.182. The van der Waals surface area contributed by atoms with Crippen molar-refractivity contribution in [2.75, 3.05) is 19.0 Å². The highest BCUT2D eigenvalue weighted by Gasteiger charge is 2.20. The van der Waals surface area contributed by atoms with Crippen molar-refractivity contribution in [1.29, 1.82) is 0 Å². The van der Waals surface area contributed by atoms with E-state index in [2.05, 4.69) is 20.5 Å². The van der Waals surface area contributed by atoms with Crippen molar-refractivity contribution in [3.8, 4) is 5.69 Å². The number of nitrogens with zero attached hydrogens (tertiary/aromatic N) is 2. The summed E-state index contributed by atoms with van der Waals surface area (Å²) in [6.07, 6.45) is 0. The molecule has 0 aliphatic carbocycles. The van der Waals surface area contributed by atoms with E-state index in [4.69, 9.17) is 0 Å². The first-order valence-corrected chi connectivity index (χ1v) is 9.38. The summed E-state index contributed by atoms with van der Waals surface area (Å²) in [5.74, 6) is -1.70. The Morgan fingerprint density at radius 3 is 2.26 bits per heavy atom. The molecule has 9 heteroatoms. The van der Waals surface area contributed by atoms with Crippen LogP contribution in [0.25, 0.3) is 5.69 Å². The van der Waals surface area contributed by atoms with E-state index in [0.29, 0.717) is 33.9 Å². The van der Waals surface area contributed by atoms with Gasteiger partial charge in [0.2, 0.25) is 0 Å². The SMILES string of the molecule is COC(=O)CNC(=O)c1ccc(NC(=O)c2c(C)nn(-c3ccc(F)cc3)c2C)cc1. The Balaban J connectivity index is 1.72. The van der Waals surface area contributed by atoms with E-state index in [1.807, 2.05) is 0 Å². The van der Waals surface area contributed by atoms with Crippen LogP contribution in [-0.4, -0.2) is 41.2 Å². The van der Waals surface area contributed by atoms with Gasteiger partial charge in [-0.05, 0) is 62.4 Å². The minimum Gasteiger partial charge on any atom is -0.468 e. The molecule has 0 saturated carbocycles. The van der Waals surface area contributed by atoms with Crippen molar-refractivity contribution < 1.29 is 23.5 Å². The molecule has 0 atom stereocenters. The molecular weight excluding hydrogens is 403 g/mol. The molecule has 3 rings (SSSR count). The Bertz CT molecular complexity index is 1120. The van der Waals surface area contributed by atoms with Crippen LogP contribution in [0.1, 0.15) is 32.1 Å². The number of rotatable bonds is 6. The number of aromatic nitrogens is 2. The lowest BCUT2D eigenvalue weighted by Crippen LogP contribution is -2.30. The van der Waals surface area contributed by atoms with Crippen LogP contribution in [0.15, 0.2) is 48.5 Å². The molecule has 0 saturated heterocycles. The fourth-order valence-electron chi connectivity index (χ4n) is 3.03. The number of carbonyl (C=O) groups is 3. The van der Waals surface area contributed by atoms with Crippen LogP contribution in [0.2, 0.25) is 0 Å². The summed E-state index contributed by atoms with van der Waals surface area (Å²) < 4.78 is 19.2. The summed E-state index contributed by atoms with van der Waals surface area (Å²) in [6, 6.07) is 12.1. The second-order valence-corrected chi connectivity index (χ2v) is 6.72. The number of anilines is 1. The molecule has 0 unspecified atom stereocenters. The van der Waals surface area contributed by atoms with Gasteiger partial charge in [0.05, 0.1) is 29.7 Å². The van der Waals surface area contributed by atoms with Crippen molar-refractivity contribution in [2.24, 2.45) is 0 Å². The van der Waals surface area contributed by atoms with Crippen molar-refractivity contribution in [1.82, 2.24) is 15.1 Å². The lowest BCUT2D eigenvalue weighted by Gasteiger charge is -2.08. The number of methoxy groups -OCH3 is 1. The maximum absolute atomic E-state index is 13.2. The molecule has 2 aromatic carbocycles. The molecule has 2 N–H and O–H groups in total. The van der Waals surface area contributed by atoms with Gasteiger partial charge in [-0.15, -0.1) is 0 Å². The number of halogens is 1. The Kier molecular flexibility index (Phi) is 6.44. The third-order valence-corrected chi connectivity index (χ3v) is 4.62. The van der Waals surface area contributed by atoms with Gasteiger partial charge < -0.3 is 15.4 Å². The van der Waals surface area contributed by atoms with E-state index in [9.17, 15) is 18.8 Å². The van der Waals surface area contributed by atoms with E-state index >= 15 is 0 Å². The summed E-state index contributed by atoms with van der Waals surface area (Å²) in [5.41, 5.74) is 3.01. The average Bonchev–Trinajstić information content (AvgIpc) is 3.06. The number of benzene rings is 2. The predicted molar refractivity (Wildman–Crippen MR) is 112 cm³/mol. The molecule has 2 amide bonds. The van der Waals surface area contributed by atoms with Crippen LogP contribution >= 0.6 is 0 Å². The van der Waals surface area contributed by atoms with Crippen LogP contribution in [0, 0.1) is 19.7 Å². The van der Waals surface area contributed by atoms with Gasteiger partial charge in [-0.1, -0.05) is 0 Å². The van der Waals surface area contributed by atoms with Crippen molar-refractivity contribution in [2.45, 2.75) is 13.8 Å². The number of aryl methyl sites for hydroxylation is 1. The standard InChI is InChI=1S/C22H21FN4O4/c1-13-20(14(2)27(26-13)18-10-6-16(23)7-11-18)22(30)25-17-8-4-15(5-9-17)21(29)24-12-19(28)31-3/h4-11H,12H2,1-3H3,(H,24,29)(H,25,30). The first kappa shape index (κ1) is 21.7. The van der Waals surface area contributed by atoms with Gasteiger partial charge >= 0.3 is 5.97 Å². The van der Waals surface area contributed by atoms with E-state index < -0.39 is 11.9 Å². The Morgan fingerprint density at radius 1 is 1.00 bits per heavy atom. The Hall–Kier alpha value is -4.01. The quantitative estimate of drug-likeness (QED) is 0.593. The zero-order valence-electron chi connectivity index (χ0n) is 17.2. The molecule has 0 aliphatic rings. The zero-order chi connectivity index (χ0) is 22.5. The number of esters is 1. The molecule has 0 spiro atoms. The van der Waals surface area contributed by atoms with Crippen LogP contribution in [-0.2, 0) is 9.53 Å². The van der Waals surface area contributed by atoms with E-state index in [0.717, 1.165) is 0 Å². The van der Waals surface area contributed by atoms with Gasteiger partial charge in [0.25, 0.3) is 11.8 Å². The largest absolute Gasteiger partial charge is 0.468 e. The van der Waals surface area contributed by atoms with Crippen LogP contribution in [0.4, 0.5) is 10.1 Å². The topological polar surface area (TPSA) is 102 Å². The summed E-state index contributed by atoms with van der Waals surface area (Å²) in [7, 11) is 1.23. The fourth-order valence-corrected chi connectivity index (χ4v) is 3.03. The number of hydrogen-bond acceptors (Lipinski definition) is 5. The maximum Gasteiger partial charge on any atom is 0.325 e. The molecule has 1 heterocycles. The highest BCUT2D eigenvalue weighted by atomic mass is 19.1. The molecule has 31 heavy (non-hydrogen) atoms. The maximum atomic E-state index is 13.2. The normalized spacial score (nSPS) is 10.5. The molecule has 0 aliphatic heterocycles. The zero-order valence-corrected chi connectivity index (χ0v) is 17.2. The number of amides is 2. The molecule has 1 aromatic heterocycles. The molecule has 160 valence electrons. The smallest absolute Gasteiger partial charge is 0.325 e. The Labute approximate surface area is 178 Å². The van der Waals surface area contributed by atoms with Crippen LogP contribution < -0.4 is 10.6 Å². The number of nitrogens with one attached hydrogen (secondary N) is 2. The number of hydrogen-bond donors (Lipinski definition) is 2. The molecular formula is C22H21FN4O4.